The van der Waals surface area contributed by atoms with Gasteiger partial charge in [0, 0.05) is 0 Å². The van der Waals surface area contributed by atoms with Gasteiger partial charge < -0.3 is 5.11 Å². The molecule has 0 amide bonds. The van der Waals surface area contributed by atoms with Crippen LogP contribution >= 0.6 is 0 Å². The van der Waals surface area contributed by atoms with Gasteiger partial charge in [0.2, 0.25) is 0 Å². The van der Waals surface area contributed by atoms with Gasteiger partial charge in [0.1, 0.15) is 0 Å². The third-order valence-electron chi connectivity index (χ3n) is 4.31. The van der Waals surface area contributed by atoms with Gasteiger partial charge in [-0.15, -0.1) is 0 Å². The first kappa shape index (κ1) is 19.5. The molecule has 0 bridgehead atoms. The molecular weight excluding hydrogens is 248 g/mol. The zero-order chi connectivity index (χ0) is 15.2. The third kappa shape index (κ3) is 12.5. The molecule has 2 heteroatoms. The monoisotopic (exact) mass is 284 g/mol. The Balaban J connectivity index is 3.22. The number of carboxylic acid groups (broad SMARTS) is 1. The predicted octanol–water partition coefficient (Wildman–Crippen LogP) is 6.04. The summed E-state index contributed by atoms with van der Waals surface area (Å²) in [6, 6.07) is 0. The van der Waals surface area contributed by atoms with Crippen molar-refractivity contribution in [3.05, 3.63) is 0 Å². The first-order valence-corrected chi connectivity index (χ1v) is 8.80. The Morgan fingerprint density at radius 3 is 1.75 bits per heavy atom. The van der Waals surface area contributed by atoms with Gasteiger partial charge in [-0.1, -0.05) is 91.4 Å². The maximum atomic E-state index is 10.7. The van der Waals surface area contributed by atoms with Crippen molar-refractivity contribution in [2.24, 2.45) is 11.8 Å². The van der Waals surface area contributed by atoms with Crippen molar-refractivity contribution in [3.8, 4) is 0 Å². The normalized spacial score (nSPS) is 14.2. The largest absolute Gasteiger partial charge is 0.481 e. The Morgan fingerprint density at radius 2 is 1.25 bits per heavy atom. The SMILES string of the molecule is CCCCCC(C)CCCCCCCCC(C)C(=O)O. The molecule has 0 fully saturated rings. The molecular formula is C18H36O2. The zero-order valence-electron chi connectivity index (χ0n) is 14.0. The minimum Gasteiger partial charge on any atom is -0.481 e. The topological polar surface area (TPSA) is 37.3 Å². The molecule has 0 aromatic rings. The Labute approximate surface area is 126 Å². The lowest BCUT2D eigenvalue weighted by Gasteiger charge is -2.10. The molecule has 2 atom stereocenters. The molecule has 20 heavy (non-hydrogen) atoms. The quantitative estimate of drug-likeness (QED) is 0.394. The van der Waals surface area contributed by atoms with Crippen LogP contribution in [-0.4, -0.2) is 11.1 Å². The van der Waals surface area contributed by atoms with Crippen molar-refractivity contribution in [3.63, 3.8) is 0 Å². The fourth-order valence-electron chi connectivity index (χ4n) is 2.66. The van der Waals surface area contributed by atoms with Gasteiger partial charge >= 0.3 is 5.97 Å². The molecule has 0 saturated heterocycles. The minimum absolute atomic E-state index is 0.168. The van der Waals surface area contributed by atoms with E-state index in [1.165, 1.54) is 64.2 Å². The smallest absolute Gasteiger partial charge is 0.306 e. The van der Waals surface area contributed by atoms with Crippen LogP contribution in [0.15, 0.2) is 0 Å². The Hall–Kier alpha value is -0.530. The molecule has 0 aromatic carbocycles. The maximum Gasteiger partial charge on any atom is 0.306 e. The molecule has 0 aliphatic rings. The van der Waals surface area contributed by atoms with Crippen molar-refractivity contribution in [1.29, 1.82) is 0 Å². The van der Waals surface area contributed by atoms with E-state index in [0.717, 1.165) is 18.8 Å². The molecule has 0 aromatic heterocycles. The van der Waals surface area contributed by atoms with Crippen molar-refractivity contribution < 1.29 is 9.90 Å². The molecule has 1 N–H and O–H groups in total. The molecule has 0 spiro atoms. The average molecular weight is 284 g/mol. The second-order valence-electron chi connectivity index (χ2n) is 6.54. The van der Waals surface area contributed by atoms with Crippen molar-refractivity contribution in [1.82, 2.24) is 0 Å². The van der Waals surface area contributed by atoms with E-state index in [-0.39, 0.29) is 5.92 Å². The zero-order valence-corrected chi connectivity index (χ0v) is 14.0. The lowest BCUT2D eigenvalue weighted by Crippen LogP contribution is -2.08. The van der Waals surface area contributed by atoms with Crippen LogP contribution in [0.2, 0.25) is 0 Å². The summed E-state index contributed by atoms with van der Waals surface area (Å²) in [6.45, 7) is 6.47. The average Bonchev–Trinajstić information content (AvgIpc) is 2.41. The lowest BCUT2D eigenvalue weighted by atomic mass is 9.96. The van der Waals surface area contributed by atoms with Crippen LogP contribution in [-0.2, 0) is 4.79 Å². The molecule has 0 aliphatic heterocycles. The van der Waals surface area contributed by atoms with Gasteiger partial charge in [-0.25, -0.2) is 0 Å². The van der Waals surface area contributed by atoms with Gasteiger partial charge in [0.15, 0.2) is 0 Å². The molecule has 0 saturated carbocycles. The molecule has 2 unspecified atom stereocenters. The summed E-state index contributed by atoms with van der Waals surface area (Å²) in [5, 5.41) is 8.78. The van der Waals surface area contributed by atoms with Gasteiger partial charge in [-0.3, -0.25) is 4.79 Å². The van der Waals surface area contributed by atoms with Crippen LogP contribution in [0.1, 0.15) is 97.8 Å². The predicted molar refractivity (Wildman–Crippen MR) is 87.0 cm³/mol. The lowest BCUT2D eigenvalue weighted by molar-refractivity contribution is -0.141. The summed E-state index contributed by atoms with van der Waals surface area (Å²) in [7, 11) is 0. The standard InChI is InChI=1S/C18H36O2/c1-4-5-10-13-16(2)14-11-8-6-7-9-12-15-17(3)18(19)20/h16-17H,4-15H2,1-3H3,(H,19,20). The molecule has 0 rings (SSSR count). The van der Waals surface area contributed by atoms with Crippen molar-refractivity contribution in [2.45, 2.75) is 97.8 Å². The third-order valence-corrected chi connectivity index (χ3v) is 4.31. The van der Waals surface area contributed by atoms with Crippen LogP contribution < -0.4 is 0 Å². The highest BCUT2D eigenvalue weighted by Crippen LogP contribution is 2.18. The molecule has 120 valence electrons. The maximum absolute atomic E-state index is 10.7. The number of hydrogen-bond donors (Lipinski definition) is 1. The van der Waals surface area contributed by atoms with E-state index in [1.54, 1.807) is 0 Å². The van der Waals surface area contributed by atoms with Gasteiger partial charge in [-0.2, -0.15) is 0 Å². The molecule has 0 aliphatic carbocycles. The number of unbranched alkanes of at least 4 members (excludes halogenated alkanes) is 7. The van der Waals surface area contributed by atoms with Crippen molar-refractivity contribution >= 4 is 5.97 Å². The van der Waals surface area contributed by atoms with E-state index < -0.39 is 5.97 Å². The van der Waals surface area contributed by atoms with Crippen LogP contribution in [0.4, 0.5) is 0 Å². The Kier molecular flexibility index (Phi) is 13.1. The summed E-state index contributed by atoms with van der Waals surface area (Å²) in [4.78, 5) is 10.7. The highest BCUT2D eigenvalue weighted by molar-refractivity contribution is 5.69. The summed E-state index contributed by atoms with van der Waals surface area (Å²) >= 11 is 0. The highest BCUT2D eigenvalue weighted by Gasteiger charge is 2.09. The highest BCUT2D eigenvalue weighted by atomic mass is 16.4. The summed E-state index contributed by atoms with van der Waals surface area (Å²) in [5.41, 5.74) is 0. The van der Waals surface area contributed by atoms with Gasteiger partial charge in [0.05, 0.1) is 5.92 Å². The first-order chi connectivity index (χ1) is 9.57. The second kappa shape index (κ2) is 13.5. The molecule has 2 nitrogen and oxygen atoms in total. The van der Waals surface area contributed by atoms with Crippen LogP contribution in [0.5, 0.6) is 0 Å². The Bertz CT molecular complexity index is 225. The van der Waals surface area contributed by atoms with E-state index in [9.17, 15) is 4.79 Å². The van der Waals surface area contributed by atoms with Crippen LogP contribution in [0.3, 0.4) is 0 Å². The summed E-state index contributed by atoms with van der Waals surface area (Å²) < 4.78 is 0. The molecule has 0 radical (unpaired) electrons. The number of carboxylic acids is 1. The van der Waals surface area contributed by atoms with Crippen LogP contribution in [0, 0.1) is 11.8 Å². The van der Waals surface area contributed by atoms with Crippen LogP contribution in [0.25, 0.3) is 0 Å². The minimum atomic E-state index is -0.651. The number of rotatable bonds is 14. The fourth-order valence-corrected chi connectivity index (χ4v) is 2.66. The Morgan fingerprint density at radius 1 is 0.800 bits per heavy atom. The number of carbonyl (C=O) groups is 1. The molecule has 0 heterocycles. The van der Waals surface area contributed by atoms with Gasteiger partial charge in [0.25, 0.3) is 0 Å². The number of hydrogen-bond acceptors (Lipinski definition) is 1. The van der Waals surface area contributed by atoms with E-state index in [4.69, 9.17) is 5.11 Å². The fraction of sp³-hybridized carbons (Fsp3) is 0.944. The van der Waals surface area contributed by atoms with E-state index in [2.05, 4.69) is 13.8 Å². The van der Waals surface area contributed by atoms with E-state index in [0.29, 0.717) is 0 Å². The van der Waals surface area contributed by atoms with E-state index >= 15 is 0 Å². The second-order valence-corrected chi connectivity index (χ2v) is 6.54. The number of aliphatic carboxylic acids is 1. The summed E-state index contributed by atoms with van der Waals surface area (Å²) in [5.74, 6) is 0.0824. The first-order valence-electron chi connectivity index (χ1n) is 8.80. The van der Waals surface area contributed by atoms with E-state index in [1.807, 2.05) is 6.92 Å². The summed E-state index contributed by atoms with van der Waals surface area (Å²) in [6.07, 6.45) is 15.3. The van der Waals surface area contributed by atoms with Gasteiger partial charge in [-0.05, 0) is 12.3 Å². The van der Waals surface area contributed by atoms with Crippen molar-refractivity contribution in [2.75, 3.05) is 0 Å².